The summed E-state index contributed by atoms with van der Waals surface area (Å²) in [6.07, 6.45) is 5.79. The predicted molar refractivity (Wildman–Crippen MR) is 135 cm³/mol. The molecule has 4 aromatic rings. The van der Waals surface area contributed by atoms with Gasteiger partial charge in [0.1, 0.15) is 11.5 Å². The van der Waals surface area contributed by atoms with E-state index in [2.05, 4.69) is 97.1 Å². The molecule has 0 aromatic heterocycles. The molecule has 4 aromatic carbocycles. The number of fused-ring (bicyclic) bond motifs is 3. The number of nitrogens with one attached hydrogen (secondary N) is 1. The zero-order valence-corrected chi connectivity index (χ0v) is 18.1. The highest BCUT2D eigenvalue weighted by Gasteiger charge is 2.40. The third-order valence-electron chi connectivity index (χ3n) is 6.55. The summed E-state index contributed by atoms with van der Waals surface area (Å²) in [6, 6.07) is 35.8. The molecule has 158 valence electrons. The highest BCUT2D eigenvalue weighted by Crippen LogP contribution is 2.54. The molecule has 0 bridgehead atoms. The molecule has 2 heteroatoms. The predicted octanol–water partition coefficient (Wildman–Crippen LogP) is 7.74. The van der Waals surface area contributed by atoms with Crippen molar-refractivity contribution in [1.82, 2.24) is 0 Å². The van der Waals surface area contributed by atoms with E-state index in [-0.39, 0.29) is 11.8 Å². The van der Waals surface area contributed by atoms with E-state index in [4.69, 9.17) is 10.1 Å². The van der Waals surface area contributed by atoms with Crippen molar-refractivity contribution in [1.29, 1.82) is 5.41 Å². The number of benzene rings is 4. The van der Waals surface area contributed by atoms with Gasteiger partial charge in [-0.25, -0.2) is 0 Å². The molecule has 0 radical (unpaired) electrons. The first-order valence-electron chi connectivity index (χ1n) is 11.3. The van der Waals surface area contributed by atoms with E-state index >= 15 is 0 Å². The Hall–Kier alpha value is -4.17. The number of allylic oxidation sites excluding steroid dienone is 4. The van der Waals surface area contributed by atoms with Crippen molar-refractivity contribution >= 4 is 11.8 Å². The molecule has 0 saturated heterocycles. The Morgan fingerprint density at radius 1 is 0.667 bits per heavy atom. The largest absolute Gasteiger partial charge is 0.459 e. The lowest BCUT2D eigenvalue weighted by Crippen LogP contribution is -2.16. The van der Waals surface area contributed by atoms with Crippen LogP contribution in [0.3, 0.4) is 0 Å². The summed E-state index contributed by atoms with van der Waals surface area (Å²) in [6.45, 7) is 0. The summed E-state index contributed by atoms with van der Waals surface area (Å²) >= 11 is 0. The fourth-order valence-corrected chi connectivity index (χ4v) is 4.95. The average Bonchev–Trinajstić information content (AvgIpc) is 3.29. The lowest BCUT2D eigenvalue weighted by molar-refractivity contribution is 0.421. The molecular formula is C31H23NO. The minimum Gasteiger partial charge on any atom is -0.459 e. The van der Waals surface area contributed by atoms with E-state index in [1.165, 1.54) is 5.56 Å². The van der Waals surface area contributed by atoms with E-state index in [1.54, 1.807) is 6.21 Å². The minimum atomic E-state index is -0.0386. The van der Waals surface area contributed by atoms with Gasteiger partial charge >= 0.3 is 0 Å². The minimum absolute atomic E-state index is 0.0103. The van der Waals surface area contributed by atoms with Crippen molar-refractivity contribution in [3.63, 3.8) is 0 Å². The van der Waals surface area contributed by atoms with Crippen LogP contribution in [0.1, 0.15) is 17.0 Å². The molecule has 33 heavy (non-hydrogen) atoms. The van der Waals surface area contributed by atoms with Gasteiger partial charge in [-0.05, 0) is 34.4 Å². The summed E-state index contributed by atoms with van der Waals surface area (Å²) in [5, 5.41) is 8.14. The van der Waals surface area contributed by atoms with Crippen molar-refractivity contribution in [2.24, 2.45) is 5.92 Å². The first-order valence-corrected chi connectivity index (χ1v) is 11.3. The molecule has 0 spiro atoms. The van der Waals surface area contributed by atoms with E-state index < -0.39 is 0 Å². The lowest BCUT2D eigenvalue weighted by Gasteiger charge is -2.23. The third kappa shape index (κ3) is 3.32. The molecule has 1 aliphatic carbocycles. The molecule has 0 saturated carbocycles. The van der Waals surface area contributed by atoms with Gasteiger partial charge in [-0.1, -0.05) is 103 Å². The second-order valence-electron chi connectivity index (χ2n) is 8.50. The Labute approximate surface area is 194 Å². The molecule has 1 aliphatic heterocycles. The summed E-state index contributed by atoms with van der Waals surface area (Å²) < 4.78 is 6.71. The average molecular weight is 426 g/mol. The fraction of sp³-hybridized carbons (Fsp3) is 0.0645. The Morgan fingerprint density at radius 2 is 1.27 bits per heavy atom. The molecule has 0 amide bonds. The van der Waals surface area contributed by atoms with E-state index in [1.807, 2.05) is 18.2 Å². The van der Waals surface area contributed by atoms with E-state index in [0.29, 0.717) is 0 Å². The van der Waals surface area contributed by atoms with Crippen molar-refractivity contribution in [3.8, 4) is 28.0 Å². The first-order chi connectivity index (χ1) is 16.3. The number of ether oxygens (including phenoxy) is 1. The van der Waals surface area contributed by atoms with Gasteiger partial charge in [-0.15, -0.1) is 0 Å². The van der Waals surface area contributed by atoms with Crippen LogP contribution in [-0.4, -0.2) is 6.21 Å². The summed E-state index contributed by atoms with van der Waals surface area (Å²) in [4.78, 5) is 0. The van der Waals surface area contributed by atoms with Gasteiger partial charge in [-0.2, -0.15) is 0 Å². The second-order valence-corrected chi connectivity index (χ2v) is 8.50. The third-order valence-corrected chi connectivity index (χ3v) is 6.55. The standard InChI is InChI=1S/C31H23NO/c32-20-24-16-17-26(22-12-6-2-7-13-22)31-29(24)28-19-25(21-10-4-1-5-11-21)18-27(30(28)33-31)23-14-8-3-9-15-23/h1-20,24,29,32H. The van der Waals surface area contributed by atoms with Crippen molar-refractivity contribution in [3.05, 3.63) is 132 Å². The molecule has 1 heterocycles. The number of rotatable bonds is 4. The number of hydrogen-bond acceptors (Lipinski definition) is 2. The molecule has 2 aliphatic rings. The molecule has 2 atom stereocenters. The smallest absolute Gasteiger partial charge is 0.138 e. The summed E-state index contributed by atoms with van der Waals surface area (Å²) in [7, 11) is 0. The summed E-state index contributed by atoms with van der Waals surface area (Å²) in [5.74, 6) is 1.80. The van der Waals surface area contributed by atoms with Crippen molar-refractivity contribution < 1.29 is 4.74 Å². The van der Waals surface area contributed by atoms with Crippen LogP contribution >= 0.6 is 0 Å². The van der Waals surface area contributed by atoms with Crippen LogP contribution in [0.25, 0.3) is 27.8 Å². The second kappa shape index (κ2) is 8.07. The van der Waals surface area contributed by atoms with Crippen molar-refractivity contribution in [2.45, 2.75) is 5.92 Å². The van der Waals surface area contributed by atoms with Crippen LogP contribution in [0.2, 0.25) is 0 Å². The molecule has 0 fully saturated rings. The zero-order chi connectivity index (χ0) is 22.2. The van der Waals surface area contributed by atoms with Gasteiger partial charge < -0.3 is 10.1 Å². The molecule has 2 nitrogen and oxygen atoms in total. The van der Waals surface area contributed by atoms with Gasteiger partial charge in [0.25, 0.3) is 0 Å². The van der Waals surface area contributed by atoms with Crippen LogP contribution in [0.15, 0.2) is 121 Å². The van der Waals surface area contributed by atoms with E-state index in [9.17, 15) is 0 Å². The van der Waals surface area contributed by atoms with E-state index in [0.717, 1.165) is 44.9 Å². The normalized spacial score (nSPS) is 18.4. The van der Waals surface area contributed by atoms with Crippen LogP contribution in [0.5, 0.6) is 5.75 Å². The van der Waals surface area contributed by atoms with Gasteiger partial charge in [0, 0.05) is 28.8 Å². The van der Waals surface area contributed by atoms with Crippen LogP contribution in [0.4, 0.5) is 0 Å². The van der Waals surface area contributed by atoms with Crippen molar-refractivity contribution in [2.75, 3.05) is 0 Å². The summed E-state index contributed by atoms with van der Waals surface area (Å²) in [5.41, 5.74) is 7.94. The Bertz CT molecular complexity index is 1390. The zero-order valence-electron chi connectivity index (χ0n) is 18.1. The van der Waals surface area contributed by atoms with Crippen LogP contribution in [-0.2, 0) is 0 Å². The van der Waals surface area contributed by atoms with Gasteiger partial charge in [0.2, 0.25) is 0 Å². The molecule has 6 rings (SSSR count). The first kappa shape index (κ1) is 19.5. The van der Waals surface area contributed by atoms with Crippen LogP contribution < -0.4 is 4.74 Å². The molecule has 2 unspecified atom stereocenters. The molecular weight excluding hydrogens is 402 g/mol. The Morgan fingerprint density at radius 3 is 1.91 bits per heavy atom. The maximum absolute atomic E-state index is 8.14. The highest BCUT2D eigenvalue weighted by atomic mass is 16.5. The Kier molecular flexibility index (Phi) is 4.77. The molecule has 1 N–H and O–H groups in total. The van der Waals surface area contributed by atoms with Gasteiger partial charge in [-0.3, -0.25) is 0 Å². The number of hydrogen-bond donors (Lipinski definition) is 1. The Balaban J connectivity index is 1.61. The highest BCUT2D eigenvalue weighted by molar-refractivity contribution is 5.87. The van der Waals surface area contributed by atoms with Gasteiger partial charge in [0.05, 0.1) is 5.92 Å². The maximum atomic E-state index is 8.14. The topological polar surface area (TPSA) is 33.1 Å². The fourth-order valence-electron chi connectivity index (χ4n) is 4.95. The monoisotopic (exact) mass is 425 g/mol. The SMILES string of the molecule is N=CC1C=CC(c2ccccc2)=C2Oc3c(-c4ccccc4)cc(-c4ccccc4)cc3C21. The quantitative estimate of drug-likeness (QED) is 0.333. The van der Waals surface area contributed by atoms with Gasteiger partial charge in [0.15, 0.2) is 0 Å². The van der Waals surface area contributed by atoms with Crippen LogP contribution in [0, 0.1) is 11.3 Å². The maximum Gasteiger partial charge on any atom is 0.138 e. The lowest BCUT2D eigenvalue weighted by atomic mass is 9.78.